The van der Waals surface area contributed by atoms with Gasteiger partial charge in [-0.3, -0.25) is 24.2 Å². The minimum atomic E-state index is -1.38. The molecule has 0 saturated carbocycles. The number of nitrogens with one attached hydrogen (secondary N) is 4. The lowest BCUT2D eigenvalue weighted by Crippen LogP contribution is -2.59. The molecule has 14 heteroatoms. The summed E-state index contributed by atoms with van der Waals surface area (Å²) >= 11 is 0. The van der Waals surface area contributed by atoms with E-state index in [-0.39, 0.29) is 18.9 Å². The third-order valence-corrected chi connectivity index (χ3v) is 4.92. The van der Waals surface area contributed by atoms with Crippen LogP contribution in [0.15, 0.2) is 4.99 Å². The lowest BCUT2D eigenvalue weighted by molar-refractivity contribution is -0.135. The van der Waals surface area contributed by atoms with Crippen LogP contribution < -0.4 is 38.5 Å². The molecule has 14 nitrogen and oxygen atoms in total. The van der Waals surface area contributed by atoms with Gasteiger partial charge in [-0.25, -0.2) is 0 Å². The molecule has 0 saturated heterocycles. The fraction of sp³-hybridized carbons (Fsp3) is 0.714. The number of unbranched alkanes of at least 4 members (excludes halogenated alkanes) is 1. The molecule has 11 N–H and O–H groups in total. The van der Waals surface area contributed by atoms with E-state index in [0.29, 0.717) is 38.5 Å². The second kappa shape index (κ2) is 17.2. The van der Waals surface area contributed by atoms with E-state index in [1.807, 2.05) is 0 Å². The van der Waals surface area contributed by atoms with Crippen LogP contribution in [-0.2, 0) is 24.0 Å². The molecule has 35 heavy (non-hydrogen) atoms. The lowest BCUT2D eigenvalue weighted by atomic mass is 10.1. The number of hydrogen-bond acceptors (Lipinski definition) is 8. The van der Waals surface area contributed by atoms with Crippen LogP contribution in [0.5, 0.6) is 0 Å². The van der Waals surface area contributed by atoms with Crippen molar-refractivity contribution < 1.29 is 29.1 Å². The van der Waals surface area contributed by atoms with E-state index in [2.05, 4.69) is 26.3 Å². The zero-order valence-electron chi connectivity index (χ0n) is 20.6. The highest BCUT2D eigenvalue weighted by Gasteiger charge is 2.31. The molecule has 5 atom stereocenters. The summed E-state index contributed by atoms with van der Waals surface area (Å²) < 4.78 is 0. The van der Waals surface area contributed by atoms with Gasteiger partial charge in [0.25, 0.3) is 0 Å². The zero-order valence-corrected chi connectivity index (χ0v) is 20.6. The van der Waals surface area contributed by atoms with Crippen molar-refractivity contribution >= 4 is 35.9 Å². The highest BCUT2D eigenvalue weighted by Crippen LogP contribution is 2.04. The number of hydrogen-bond donors (Lipinski definition) is 8. The highest BCUT2D eigenvalue weighted by atomic mass is 16.3. The first kappa shape index (κ1) is 31.7. The summed E-state index contributed by atoms with van der Waals surface area (Å²) in [6.07, 6.45) is 1.34. The van der Waals surface area contributed by atoms with Crippen molar-refractivity contribution in [2.24, 2.45) is 22.2 Å². The molecular formula is C21H40N8O6. The Morgan fingerprint density at radius 3 is 2.09 bits per heavy atom. The fourth-order valence-electron chi connectivity index (χ4n) is 3.05. The number of carbonyl (C=O) groups is 5. The number of carbonyl (C=O) groups excluding carboxylic acids is 5. The number of aliphatic hydroxyl groups excluding tert-OH is 1. The van der Waals surface area contributed by atoms with Crippen LogP contribution in [0, 0.1) is 0 Å². The number of nitrogens with two attached hydrogens (primary N) is 3. The van der Waals surface area contributed by atoms with Crippen LogP contribution in [0.1, 0.15) is 52.9 Å². The Morgan fingerprint density at radius 1 is 0.914 bits per heavy atom. The van der Waals surface area contributed by atoms with Crippen molar-refractivity contribution in [1.82, 2.24) is 21.3 Å². The van der Waals surface area contributed by atoms with E-state index in [0.717, 1.165) is 0 Å². The molecule has 0 unspecified atom stereocenters. The molecule has 0 rings (SSSR count). The van der Waals surface area contributed by atoms with Crippen LogP contribution in [0.2, 0.25) is 0 Å². The molecule has 0 bridgehead atoms. The Hall–Kier alpha value is -3.26. The van der Waals surface area contributed by atoms with Gasteiger partial charge in [-0.15, -0.1) is 0 Å². The molecule has 0 radical (unpaired) electrons. The van der Waals surface area contributed by atoms with Gasteiger partial charge in [0.1, 0.15) is 24.4 Å². The maximum Gasteiger partial charge on any atom is 0.245 e. The molecule has 0 aromatic carbocycles. The summed E-state index contributed by atoms with van der Waals surface area (Å²) in [5.41, 5.74) is 16.0. The van der Waals surface area contributed by atoms with Crippen LogP contribution in [0.4, 0.5) is 0 Å². The van der Waals surface area contributed by atoms with Gasteiger partial charge in [-0.2, -0.15) is 0 Å². The first-order valence-corrected chi connectivity index (χ1v) is 11.5. The van der Waals surface area contributed by atoms with Crippen molar-refractivity contribution in [2.75, 3.05) is 13.1 Å². The van der Waals surface area contributed by atoms with Gasteiger partial charge >= 0.3 is 0 Å². The number of aliphatic imine (C=N–C) groups is 1. The standard InChI is InChI=1S/C21H40N8O6/c1-12(26-14(3)32)18(33)28-16(8-6-10-25-21(23)24)19(34)29-17(13(2)31)20(35)27-15(11-30)7-4-5-9-22/h11-13,15-17,31H,4-10,22H2,1-3H3,(H,26,32)(H,27,35)(H,28,33)(H,29,34)(H4,23,24,25)/t12-,13+,15-,16-,17-/m0/s1. The third-order valence-electron chi connectivity index (χ3n) is 4.92. The van der Waals surface area contributed by atoms with E-state index >= 15 is 0 Å². The van der Waals surface area contributed by atoms with E-state index in [1.54, 1.807) is 0 Å². The largest absolute Gasteiger partial charge is 0.391 e. The molecule has 0 spiro atoms. The predicted octanol–water partition coefficient (Wildman–Crippen LogP) is -3.27. The lowest BCUT2D eigenvalue weighted by Gasteiger charge is -2.26. The topological polar surface area (TPSA) is 244 Å². The number of aliphatic hydroxyl groups is 1. The predicted molar refractivity (Wildman–Crippen MR) is 130 cm³/mol. The minimum absolute atomic E-state index is 0.103. The Labute approximate surface area is 205 Å². The van der Waals surface area contributed by atoms with Gasteiger partial charge in [0, 0.05) is 13.5 Å². The summed E-state index contributed by atoms with van der Waals surface area (Å²) in [5, 5.41) is 19.9. The fourth-order valence-corrected chi connectivity index (χ4v) is 3.05. The molecule has 0 heterocycles. The van der Waals surface area contributed by atoms with Crippen LogP contribution in [-0.4, -0.2) is 84.3 Å². The number of aldehydes is 1. The van der Waals surface area contributed by atoms with Gasteiger partial charge in [-0.1, -0.05) is 0 Å². The second-order valence-corrected chi connectivity index (χ2v) is 8.19. The smallest absolute Gasteiger partial charge is 0.245 e. The Bertz CT molecular complexity index is 741. The summed E-state index contributed by atoms with van der Waals surface area (Å²) in [5.74, 6) is -2.68. The van der Waals surface area contributed by atoms with Crippen molar-refractivity contribution in [1.29, 1.82) is 0 Å². The van der Waals surface area contributed by atoms with E-state index in [1.165, 1.54) is 20.8 Å². The molecule has 200 valence electrons. The monoisotopic (exact) mass is 500 g/mol. The minimum Gasteiger partial charge on any atom is -0.391 e. The molecule has 0 aliphatic heterocycles. The number of amides is 4. The van der Waals surface area contributed by atoms with Crippen molar-refractivity contribution in [2.45, 2.75) is 83.1 Å². The van der Waals surface area contributed by atoms with Crippen molar-refractivity contribution in [3.8, 4) is 0 Å². The average Bonchev–Trinajstić information content (AvgIpc) is 2.77. The van der Waals surface area contributed by atoms with Gasteiger partial charge < -0.3 is 48.4 Å². The molecule has 0 aliphatic carbocycles. The summed E-state index contributed by atoms with van der Waals surface area (Å²) in [4.78, 5) is 64.5. The van der Waals surface area contributed by atoms with E-state index < -0.39 is 53.9 Å². The van der Waals surface area contributed by atoms with Crippen molar-refractivity contribution in [3.05, 3.63) is 0 Å². The number of guanidine groups is 1. The number of nitrogens with zero attached hydrogens (tertiary/aromatic N) is 1. The Kier molecular flexibility index (Phi) is 15.6. The van der Waals surface area contributed by atoms with Gasteiger partial charge in [0.05, 0.1) is 12.1 Å². The molecule has 0 aliphatic rings. The third kappa shape index (κ3) is 13.9. The van der Waals surface area contributed by atoms with Crippen molar-refractivity contribution in [3.63, 3.8) is 0 Å². The van der Waals surface area contributed by atoms with Gasteiger partial charge in [0.15, 0.2) is 5.96 Å². The molecule has 0 aromatic rings. The Balaban J connectivity index is 5.40. The molecule has 0 aromatic heterocycles. The van der Waals surface area contributed by atoms with Crippen LogP contribution in [0.3, 0.4) is 0 Å². The van der Waals surface area contributed by atoms with Gasteiger partial charge in [0.2, 0.25) is 23.6 Å². The maximum atomic E-state index is 13.0. The van der Waals surface area contributed by atoms with Crippen LogP contribution >= 0.6 is 0 Å². The highest BCUT2D eigenvalue weighted by molar-refractivity contribution is 5.94. The molecule has 4 amide bonds. The van der Waals surface area contributed by atoms with E-state index in [4.69, 9.17) is 17.2 Å². The molecular weight excluding hydrogens is 460 g/mol. The van der Waals surface area contributed by atoms with E-state index in [9.17, 15) is 29.1 Å². The maximum absolute atomic E-state index is 13.0. The number of rotatable bonds is 17. The zero-order chi connectivity index (χ0) is 27.0. The SMILES string of the molecule is CC(=O)N[C@@H](C)C(=O)N[C@@H](CCCN=C(N)N)C(=O)N[C@H](C(=O)N[C@H](C=O)CCCCN)[C@@H](C)O. The average molecular weight is 501 g/mol. The summed E-state index contributed by atoms with van der Waals surface area (Å²) in [6, 6.07) is -4.23. The first-order chi connectivity index (χ1) is 16.4. The summed E-state index contributed by atoms with van der Waals surface area (Å²) in [7, 11) is 0. The summed E-state index contributed by atoms with van der Waals surface area (Å²) in [6.45, 7) is 4.63. The quantitative estimate of drug-likeness (QED) is 0.0431. The Morgan fingerprint density at radius 2 is 1.57 bits per heavy atom. The van der Waals surface area contributed by atoms with Crippen LogP contribution in [0.25, 0.3) is 0 Å². The second-order valence-electron chi connectivity index (χ2n) is 8.19. The normalized spacial score (nSPS) is 14.9. The van der Waals surface area contributed by atoms with Gasteiger partial charge in [-0.05, 0) is 52.5 Å². The molecule has 0 fully saturated rings. The first-order valence-electron chi connectivity index (χ1n) is 11.5.